The highest BCUT2D eigenvalue weighted by Gasteiger charge is 2.11. The quantitative estimate of drug-likeness (QED) is 0.877. The number of methoxy groups -OCH3 is 1. The molecule has 0 aromatic heterocycles. The Morgan fingerprint density at radius 2 is 2.05 bits per heavy atom. The fourth-order valence-corrected chi connectivity index (χ4v) is 2.01. The maximum atomic E-state index is 13.5. The molecule has 2 aromatic carbocycles. The standard InChI is InChI=1S/C14H10BrClFNO2/c1-20-13-5-2-8(6-12(13)17)14(19)18-9-3-4-10(15)11(16)7-9/h2-7H,1H3,(H,18,19). The largest absolute Gasteiger partial charge is 0.494 e. The summed E-state index contributed by atoms with van der Waals surface area (Å²) in [7, 11) is 1.36. The molecule has 0 aliphatic heterocycles. The van der Waals surface area contributed by atoms with Crippen molar-refractivity contribution in [1.82, 2.24) is 0 Å². The highest BCUT2D eigenvalue weighted by molar-refractivity contribution is 9.10. The van der Waals surface area contributed by atoms with E-state index in [4.69, 9.17) is 16.3 Å². The SMILES string of the molecule is COc1ccc(C(=O)Nc2ccc(Br)c(Cl)c2)cc1F. The summed E-state index contributed by atoms with van der Waals surface area (Å²) < 4.78 is 19.1. The average molecular weight is 359 g/mol. The lowest BCUT2D eigenvalue weighted by molar-refractivity contribution is 0.102. The number of ether oxygens (including phenoxy) is 1. The van der Waals surface area contributed by atoms with Gasteiger partial charge in [0.1, 0.15) is 0 Å². The van der Waals surface area contributed by atoms with E-state index in [1.807, 2.05) is 0 Å². The minimum atomic E-state index is -0.589. The summed E-state index contributed by atoms with van der Waals surface area (Å²) in [6, 6.07) is 9.01. The third-order valence-electron chi connectivity index (χ3n) is 2.59. The summed E-state index contributed by atoms with van der Waals surface area (Å²) in [6.45, 7) is 0. The van der Waals surface area contributed by atoms with Crippen molar-refractivity contribution < 1.29 is 13.9 Å². The van der Waals surface area contributed by atoms with E-state index in [0.29, 0.717) is 10.7 Å². The number of halogens is 3. The third kappa shape index (κ3) is 3.29. The van der Waals surface area contributed by atoms with E-state index in [2.05, 4.69) is 21.2 Å². The number of anilines is 1. The Labute approximate surface area is 128 Å². The minimum Gasteiger partial charge on any atom is -0.494 e. The lowest BCUT2D eigenvalue weighted by Gasteiger charge is -2.08. The molecule has 0 heterocycles. The average Bonchev–Trinajstić information content (AvgIpc) is 2.42. The van der Waals surface area contributed by atoms with Crippen LogP contribution < -0.4 is 10.1 Å². The van der Waals surface area contributed by atoms with E-state index in [0.717, 1.165) is 10.5 Å². The van der Waals surface area contributed by atoms with Crippen LogP contribution in [0.4, 0.5) is 10.1 Å². The van der Waals surface area contributed by atoms with Gasteiger partial charge >= 0.3 is 0 Å². The Bertz CT molecular complexity index is 664. The topological polar surface area (TPSA) is 38.3 Å². The van der Waals surface area contributed by atoms with Gasteiger partial charge in [-0.2, -0.15) is 0 Å². The zero-order chi connectivity index (χ0) is 14.7. The first-order chi connectivity index (χ1) is 9.51. The monoisotopic (exact) mass is 357 g/mol. The van der Waals surface area contributed by atoms with Gasteiger partial charge in [-0.15, -0.1) is 0 Å². The van der Waals surface area contributed by atoms with Crippen LogP contribution in [-0.4, -0.2) is 13.0 Å². The minimum absolute atomic E-state index is 0.0910. The lowest BCUT2D eigenvalue weighted by atomic mass is 10.2. The second-order valence-electron chi connectivity index (χ2n) is 3.93. The molecule has 6 heteroatoms. The maximum Gasteiger partial charge on any atom is 0.255 e. The first-order valence-electron chi connectivity index (χ1n) is 5.61. The summed E-state index contributed by atoms with van der Waals surface area (Å²) in [4.78, 5) is 12.0. The molecule has 0 bridgehead atoms. The molecule has 0 aliphatic carbocycles. The van der Waals surface area contributed by atoms with E-state index < -0.39 is 11.7 Å². The van der Waals surface area contributed by atoms with Gasteiger partial charge in [0.25, 0.3) is 5.91 Å². The summed E-state index contributed by atoms with van der Waals surface area (Å²) in [6.07, 6.45) is 0. The molecule has 0 fully saturated rings. The van der Waals surface area contributed by atoms with Crippen molar-refractivity contribution in [2.24, 2.45) is 0 Å². The second kappa shape index (κ2) is 6.24. The van der Waals surface area contributed by atoms with Crippen LogP contribution in [0.1, 0.15) is 10.4 Å². The first kappa shape index (κ1) is 14.8. The number of carbonyl (C=O) groups is 1. The maximum absolute atomic E-state index is 13.5. The molecular formula is C14H10BrClFNO2. The van der Waals surface area contributed by atoms with Crippen LogP contribution in [0.15, 0.2) is 40.9 Å². The molecule has 104 valence electrons. The van der Waals surface area contributed by atoms with Crippen molar-refractivity contribution in [2.45, 2.75) is 0 Å². The summed E-state index contributed by atoms with van der Waals surface area (Å²) in [5.74, 6) is -0.924. The highest BCUT2D eigenvalue weighted by atomic mass is 79.9. The van der Waals surface area contributed by atoms with E-state index in [1.165, 1.54) is 19.2 Å². The molecule has 0 unspecified atom stereocenters. The summed E-state index contributed by atoms with van der Waals surface area (Å²) in [5, 5.41) is 3.11. The number of rotatable bonds is 3. The Morgan fingerprint density at radius 3 is 2.65 bits per heavy atom. The zero-order valence-electron chi connectivity index (χ0n) is 10.4. The molecule has 20 heavy (non-hydrogen) atoms. The van der Waals surface area contributed by atoms with Gasteiger partial charge in [0.05, 0.1) is 12.1 Å². The zero-order valence-corrected chi connectivity index (χ0v) is 12.8. The molecule has 2 rings (SSSR count). The third-order valence-corrected chi connectivity index (χ3v) is 3.82. The molecule has 0 saturated heterocycles. The number of hydrogen-bond acceptors (Lipinski definition) is 2. The molecule has 1 amide bonds. The molecule has 3 nitrogen and oxygen atoms in total. The van der Waals surface area contributed by atoms with Gasteiger partial charge in [0.2, 0.25) is 0 Å². The van der Waals surface area contributed by atoms with Crippen molar-refractivity contribution >= 4 is 39.1 Å². The predicted molar refractivity (Wildman–Crippen MR) is 80.1 cm³/mol. The summed E-state index contributed by atoms with van der Waals surface area (Å²) >= 11 is 9.19. The van der Waals surface area contributed by atoms with E-state index in [9.17, 15) is 9.18 Å². The number of amides is 1. The van der Waals surface area contributed by atoms with Gasteiger partial charge in [0.15, 0.2) is 11.6 Å². The number of carbonyl (C=O) groups excluding carboxylic acids is 1. The van der Waals surface area contributed by atoms with Crippen LogP contribution >= 0.6 is 27.5 Å². The molecule has 0 aliphatic rings. The van der Waals surface area contributed by atoms with Gasteiger partial charge in [-0.25, -0.2) is 4.39 Å². The molecule has 0 spiro atoms. The van der Waals surface area contributed by atoms with Crippen LogP contribution in [0.25, 0.3) is 0 Å². The molecular weight excluding hydrogens is 349 g/mol. The molecule has 0 radical (unpaired) electrons. The lowest BCUT2D eigenvalue weighted by Crippen LogP contribution is -2.12. The molecule has 0 saturated carbocycles. The van der Waals surface area contributed by atoms with Gasteiger partial charge < -0.3 is 10.1 Å². The van der Waals surface area contributed by atoms with E-state index in [-0.39, 0.29) is 11.3 Å². The van der Waals surface area contributed by atoms with Crippen molar-refractivity contribution in [3.63, 3.8) is 0 Å². The van der Waals surface area contributed by atoms with E-state index >= 15 is 0 Å². The van der Waals surface area contributed by atoms with Gasteiger partial charge in [0, 0.05) is 15.7 Å². The van der Waals surface area contributed by atoms with Crippen LogP contribution in [0.3, 0.4) is 0 Å². The van der Waals surface area contributed by atoms with E-state index in [1.54, 1.807) is 18.2 Å². The fraction of sp³-hybridized carbons (Fsp3) is 0.0714. The highest BCUT2D eigenvalue weighted by Crippen LogP contribution is 2.26. The van der Waals surface area contributed by atoms with Crippen molar-refractivity contribution in [1.29, 1.82) is 0 Å². The Morgan fingerprint density at radius 1 is 1.30 bits per heavy atom. The number of hydrogen-bond donors (Lipinski definition) is 1. The predicted octanol–water partition coefficient (Wildman–Crippen LogP) is 4.50. The Hall–Kier alpha value is -1.59. The number of benzene rings is 2. The van der Waals surface area contributed by atoms with Crippen LogP contribution in [-0.2, 0) is 0 Å². The molecule has 1 N–H and O–H groups in total. The van der Waals surface area contributed by atoms with Crippen LogP contribution in [0.2, 0.25) is 5.02 Å². The smallest absolute Gasteiger partial charge is 0.255 e. The van der Waals surface area contributed by atoms with Gasteiger partial charge in [-0.3, -0.25) is 4.79 Å². The normalized spacial score (nSPS) is 10.2. The van der Waals surface area contributed by atoms with Crippen LogP contribution in [0.5, 0.6) is 5.75 Å². The molecule has 2 aromatic rings. The van der Waals surface area contributed by atoms with Crippen molar-refractivity contribution in [2.75, 3.05) is 12.4 Å². The Balaban J connectivity index is 2.19. The van der Waals surface area contributed by atoms with Crippen molar-refractivity contribution in [3.8, 4) is 5.75 Å². The Kier molecular flexibility index (Phi) is 4.62. The van der Waals surface area contributed by atoms with Gasteiger partial charge in [-0.05, 0) is 52.3 Å². The second-order valence-corrected chi connectivity index (χ2v) is 5.19. The van der Waals surface area contributed by atoms with Crippen LogP contribution in [0, 0.1) is 5.82 Å². The van der Waals surface area contributed by atoms with Gasteiger partial charge in [-0.1, -0.05) is 11.6 Å². The molecule has 0 atom stereocenters. The first-order valence-corrected chi connectivity index (χ1v) is 6.78. The van der Waals surface area contributed by atoms with Crippen molar-refractivity contribution in [3.05, 3.63) is 57.3 Å². The fourth-order valence-electron chi connectivity index (χ4n) is 1.58. The number of nitrogens with one attached hydrogen (secondary N) is 1. The summed E-state index contributed by atoms with van der Waals surface area (Å²) in [5.41, 5.74) is 0.724.